The molecule has 1 fully saturated rings. The van der Waals surface area contributed by atoms with E-state index in [1.807, 2.05) is 29.1 Å². The number of hydrogen-bond donors (Lipinski definition) is 1. The first-order valence-corrected chi connectivity index (χ1v) is 8.70. The highest BCUT2D eigenvalue weighted by molar-refractivity contribution is 7.91. The Kier molecular flexibility index (Phi) is 2.90. The molecule has 3 rings (SSSR count). The number of thiophene rings is 1. The molecule has 7 heteroatoms. The maximum absolute atomic E-state index is 12.2. The van der Waals surface area contributed by atoms with E-state index in [-0.39, 0.29) is 23.5 Å². The van der Waals surface area contributed by atoms with E-state index in [1.54, 1.807) is 11.3 Å². The van der Waals surface area contributed by atoms with E-state index in [2.05, 4.69) is 5.32 Å². The Balaban J connectivity index is 1.81. The third kappa shape index (κ3) is 2.28. The van der Waals surface area contributed by atoms with Gasteiger partial charge in [-0.15, -0.1) is 11.3 Å². The molecule has 1 saturated heterocycles. The second kappa shape index (κ2) is 4.35. The molecule has 5 nitrogen and oxygen atoms in total. The standard InChI is InChI=1S/C12H14N2O3S2/c1-14-9-2-4-18-11(9)6-10(14)12(15)13-8-3-5-19(16,17)7-8/h2,4,6,8H,3,5,7H2,1H3,(H,13,15)/t8-/m0/s1. The van der Waals surface area contributed by atoms with E-state index in [1.165, 1.54) is 0 Å². The average molecular weight is 298 g/mol. The topological polar surface area (TPSA) is 68.2 Å². The molecule has 0 unspecified atom stereocenters. The Morgan fingerprint density at radius 3 is 2.95 bits per heavy atom. The fourth-order valence-electron chi connectivity index (χ4n) is 2.44. The number of nitrogens with one attached hydrogen (secondary N) is 1. The zero-order chi connectivity index (χ0) is 13.6. The smallest absolute Gasteiger partial charge is 0.268 e. The molecule has 1 N–H and O–H groups in total. The minimum atomic E-state index is -2.97. The lowest BCUT2D eigenvalue weighted by Crippen LogP contribution is -2.36. The first-order valence-electron chi connectivity index (χ1n) is 6.00. The number of carbonyl (C=O) groups excluding carboxylic acids is 1. The van der Waals surface area contributed by atoms with Crippen molar-refractivity contribution < 1.29 is 13.2 Å². The highest BCUT2D eigenvalue weighted by Crippen LogP contribution is 2.24. The number of sulfone groups is 1. The third-order valence-corrected chi connectivity index (χ3v) is 6.09. The molecule has 3 heterocycles. The predicted octanol–water partition coefficient (Wildman–Crippen LogP) is 1.16. The lowest BCUT2D eigenvalue weighted by Gasteiger charge is -2.11. The predicted molar refractivity (Wildman–Crippen MR) is 75.3 cm³/mol. The van der Waals surface area contributed by atoms with Crippen LogP contribution in [0, 0.1) is 0 Å². The minimum absolute atomic E-state index is 0.0531. The normalized spacial score (nSPS) is 21.8. The Morgan fingerprint density at radius 2 is 2.32 bits per heavy atom. The van der Waals surface area contributed by atoms with Crippen molar-refractivity contribution in [1.29, 1.82) is 0 Å². The first-order chi connectivity index (χ1) is 8.96. The van der Waals surface area contributed by atoms with Gasteiger partial charge in [-0.05, 0) is 23.9 Å². The number of aromatic nitrogens is 1. The van der Waals surface area contributed by atoms with Gasteiger partial charge in [0, 0.05) is 13.1 Å². The zero-order valence-corrected chi connectivity index (χ0v) is 12.1. The monoisotopic (exact) mass is 298 g/mol. The van der Waals surface area contributed by atoms with Crippen molar-refractivity contribution in [3.63, 3.8) is 0 Å². The fourth-order valence-corrected chi connectivity index (χ4v) is 4.96. The number of hydrogen-bond acceptors (Lipinski definition) is 4. The van der Waals surface area contributed by atoms with Crippen LogP contribution in [0.25, 0.3) is 10.2 Å². The van der Waals surface area contributed by atoms with Crippen LogP contribution in [0.5, 0.6) is 0 Å². The van der Waals surface area contributed by atoms with Gasteiger partial charge < -0.3 is 9.88 Å². The van der Waals surface area contributed by atoms with Gasteiger partial charge in [0.05, 0.1) is 21.7 Å². The van der Waals surface area contributed by atoms with Gasteiger partial charge in [-0.25, -0.2) is 8.42 Å². The summed E-state index contributed by atoms with van der Waals surface area (Å²) in [6.07, 6.45) is 0.507. The van der Waals surface area contributed by atoms with Gasteiger partial charge in [0.2, 0.25) is 0 Å². The summed E-state index contributed by atoms with van der Waals surface area (Å²) in [5.74, 6) is 0.0190. The van der Waals surface area contributed by atoms with Crippen LogP contribution in [0.1, 0.15) is 16.9 Å². The Bertz CT molecular complexity index is 742. The minimum Gasteiger partial charge on any atom is -0.347 e. The summed E-state index contributed by atoms with van der Waals surface area (Å²) in [4.78, 5) is 12.2. The van der Waals surface area contributed by atoms with Crippen molar-refractivity contribution in [1.82, 2.24) is 9.88 Å². The van der Waals surface area contributed by atoms with E-state index in [0.29, 0.717) is 12.1 Å². The lowest BCUT2D eigenvalue weighted by molar-refractivity contribution is 0.0933. The highest BCUT2D eigenvalue weighted by Gasteiger charge is 2.29. The van der Waals surface area contributed by atoms with Crippen LogP contribution in [0.2, 0.25) is 0 Å². The quantitative estimate of drug-likeness (QED) is 0.904. The van der Waals surface area contributed by atoms with Crippen molar-refractivity contribution in [2.45, 2.75) is 12.5 Å². The molecule has 0 aliphatic carbocycles. The van der Waals surface area contributed by atoms with Crippen molar-refractivity contribution >= 4 is 37.3 Å². The number of nitrogens with zero attached hydrogens (tertiary/aromatic N) is 1. The van der Waals surface area contributed by atoms with Crippen LogP contribution in [0.3, 0.4) is 0 Å². The molecule has 1 amide bonds. The van der Waals surface area contributed by atoms with Gasteiger partial charge >= 0.3 is 0 Å². The van der Waals surface area contributed by atoms with Gasteiger partial charge in [-0.3, -0.25) is 4.79 Å². The lowest BCUT2D eigenvalue weighted by atomic mass is 10.2. The number of carbonyl (C=O) groups is 1. The summed E-state index contributed by atoms with van der Waals surface area (Å²) < 4.78 is 25.6. The Hall–Kier alpha value is -1.34. The summed E-state index contributed by atoms with van der Waals surface area (Å²) in [5.41, 5.74) is 1.60. The van der Waals surface area contributed by atoms with Crippen LogP contribution in [0.4, 0.5) is 0 Å². The molecular weight excluding hydrogens is 284 g/mol. The molecule has 19 heavy (non-hydrogen) atoms. The van der Waals surface area contributed by atoms with E-state index < -0.39 is 9.84 Å². The van der Waals surface area contributed by atoms with Crippen LogP contribution < -0.4 is 5.32 Å². The zero-order valence-electron chi connectivity index (χ0n) is 10.4. The Labute approximate surface area is 115 Å². The summed E-state index contributed by atoms with van der Waals surface area (Å²) >= 11 is 1.59. The van der Waals surface area contributed by atoms with Crippen molar-refractivity contribution in [2.24, 2.45) is 7.05 Å². The van der Waals surface area contributed by atoms with Crippen LogP contribution in [-0.4, -0.2) is 36.4 Å². The van der Waals surface area contributed by atoms with E-state index >= 15 is 0 Å². The third-order valence-electron chi connectivity index (χ3n) is 3.46. The second-order valence-corrected chi connectivity index (χ2v) is 8.01. The number of rotatable bonds is 2. The molecule has 102 valence electrons. The first kappa shape index (κ1) is 12.7. The maximum atomic E-state index is 12.2. The molecule has 0 spiro atoms. The maximum Gasteiger partial charge on any atom is 0.268 e. The van der Waals surface area contributed by atoms with Gasteiger partial charge in [0.25, 0.3) is 5.91 Å². The molecule has 0 saturated carbocycles. The summed E-state index contributed by atoms with van der Waals surface area (Å²) in [5, 5.41) is 4.79. The van der Waals surface area contributed by atoms with E-state index in [4.69, 9.17) is 0 Å². The fraction of sp³-hybridized carbons (Fsp3) is 0.417. The second-order valence-electron chi connectivity index (χ2n) is 4.83. The Morgan fingerprint density at radius 1 is 1.53 bits per heavy atom. The van der Waals surface area contributed by atoms with Crippen molar-refractivity contribution in [3.8, 4) is 0 Å². The number of amides is 1. The average Bonchev–Trinajstić information content (AvgIpc) is 2.97. The van der Waals surface area contributed by atoms with Crippen LogP contribution >= 0.6 is 11.3 Å². The van der Waals surface area contributed by atoms with E-state index in [9.17, 15) is 13.2 Å². The molecule has 0 bridgehead atoms. The molecule has 0 aromatic carbocycles. The summed E-state index contributed by atoms with van der Waals surface area (Å²) in [6.45, 7) is 0. The molecule has 0 radical (unpaired) electrons. The van der Waals surface area contributed by atoms with Gasteiger partial charge in [-0.1, -0.05) is 0 Å². The summed E-state index contributed by atoms with van der Waals surface area (Å²) in [7, 11) is -1.12. The SMILES string of the molecule is Cn1c(C(=O)N[C@H]2CCS(=O)(=O)C2)cc2sccc21. The number of fused-ring (bicyclic) bond motifs is 1. The molecule has 1 atom stereocenters. The van der Waals surface area contributed by atoms with E-state index in [0.717, 1.165) is 10.2 Å². The molecule has 2 aromatic heterocycles. The molecule has 1 aliphatic heterocycles. The summed E-state index contributed by atoms with van der Waals surface area (Å²) in [6, 6.07) is 3.56. The van der Waals surface area contributed by atoms with Crippen LogP contribution in [0.15, 0.2) is 17.5 Å². The van der Waals surface area contributed by atoms with Gasteiger partial charge in [-0.2, -0.15) is 0 Å². The number of aryl methyl sites for hydroxylation is 1. The van der Waals surface area contributed by atoms with Crippen molar-refractivity contribution in [2.75, 3.05) is 11.5 Å². The van der Waals surface area contributed by atoms with Gasteiger partial charge in [0.15, 0.2) is 9.84 Å². The molecule has 1 aliphatic rings. The molecule has 2 aromatic rings. The highest BCUT2D eigenvalue weighted by atomic mass is 32.2. The largest absolute Gasteiger partial charge is 0.347 e. The van der Waals surface area contributed by atoms with Crippen molar-refractivity contribution in [3.05, 3.63) is 23.2 Å². The van der Waals surface area contributed by atoms with Crippen LogP contribution in [-0.2, 0) is 16.9 Å². The molecular formula is C12H14N2O3S2. The van der Waals surface area contributed by atoms with Gasteiger partial charge in [0.1, 0.15) is 5.69 Å².